The Kier molecular flexibility index (Phi) is 4.79. The van der Waals surface area contributed by atoms with Crippen LogP contribution in [-0.4, -0.2) is 12.6 Å². The van der Waals surface area contributed by atoms with Crippen LogP contribution in [0.2, 0.25) is 0 Å². The second-order valence-corrected chi connectivity index (χ2v) is 6.63. The van der Waals surface area contributed by atoms with Crippen LogP contribution >= 0.6 is 0 Å². The van der Waals surface area contributed by atoms with Gasteiger partial charge in [0.05, 0.1) is 0 Å². The van der Waals surface area contributed by atoms with Gasteiger partial charge in [-0.05, 0) is 54.8 Å². The van der Waals surface area contributed by atoms with Gasteiger partial charge in [-0.25, -0.2) is 8.78 Å². The fourth-order valence-corrected chi connectivity index (χ4v) is 3.70. The molecule has 1 aromatic carbocycles. The molecular formula is C17H25F2N. The Morgan fingerprint density at radius 1 is 1.25 bits per heavy atom. The smallest absolute Gasteiger partial charge is 0.126 e. The van der Waals surface area contributed by atoms with E-state index in [0.717, 1.165) is 18.2 Å². The van der Waals surface area contributed by atoms with E-state index in [1.54, 1.807) is 0 Å². The van der Waals surface area contributed by atoms with Gasteiger partial charge in [-0.15, -0.1) is 0 Å². The molecule has 1 fully saturated rings. The SMILES string of the molecule is CCNC(Cc1cc(F)cc(F)c1)C1CCCC1(C)C. The molecule has 1 nitrogen and oxygen atoms in total. The van der Waals surface area contributed by atoms with E-state index in [-0.39, 0.29) is 0 Å². The lowest BCUT2D eigenvalue weighted by Crippen LogP contribution is -2.42. The molecule has 112 valence electrons. The van der Waals surface area contributed by atoms with Crippen molar-refractivity contribution < 1.29 is 8.78 Å². The average molecular weight is 281 g/mol. The molecule has 1 aliphatic carbocycles. The van der Waals surface area contributed by atoms with E-state index in [1.165, 1.54) is 31.4 Å². The van der Waals surface area contributed by atoms with E-state index in [1.807, 2.05) is 0 Å². The average Bonchev–Trinajstić information content (AvgIpc) is 2.67. The summed E-state index contributed by atoms with van der Waals surface area (Å²) in [6, 6.07) is 4.13. The first kappa shape index (κ1) is 15.4. The Bertz CT molecular complexity index is 436. The van der Waals surface area contributed by atoms with Gasteiger partial charge in [0, 0.05) is 12.1 Å². The summed E-state index contributed by atoms with van der Waals surface area (Å²) in [5.41, 5.74) is 1.05. The lowest BCUT2D eigenvalue weighted by molar-refractivity contribution is 0.197. The van der Waals surface area contributed by atoms with Crippen LogP contribution in [0.5, 0.6) is 0 Å². The van der Waals surface area contributed by atoms with Crippen molar-refractivity contribution in [2.45, 2.75) is 52.5 Å². The van der Waals surface area contributed by atoms with Crippen molar-refractivity contribution in [2.24, 2.45) is 11.3 Å². The third kappa shape index (κ3) is 3.57. The normalized spacial score (nSPS) is 22.9. The zero-order valence-electron chi connectivity index (χ0n) is 12.7. The maximum atomic E-state index is 13.3. The van der Waals surface area contributed by atoms with Crippen LogP contribution in [0.3, 0.4) is 0 Å². The van der Waals surface area contributed by atoms with Crippen molar-refractivity contribution in [3.05, 3.63) is 35.4 Å². The fourth-order valence-electron chi connectivity index (χ4n) is 3.70. The predicted octanol–water partition coefficient (Wildman–Crippen LogP) is 4.31. The number of likely N-dealkylation sites (N-methyl/N-ethyl adjacent to an activating group) is 1. The molecule has 0 radical (unpaired) electrons. The number of halogens is 2. The molecule has 1 aliphatic rings. The number of benzene rings is 1. The number of rotatable bonds is 5. The Morgan fingerprint density at radius 2 is 1.90 bits per heavy atom. The summed E-state index contributed by atoms with van der Waals surface area (Å²) < 4.78 is 26.7. The largest absolute Gasteiger partial charge is 0.314 e. The Hall–Kier alpha value is -0.960. The van der Waals surface area contributed by atoms with E-state index >= 15 is 0 Å². The monoisotopic (exact) mass is 281 g/mol. The van der Waals surface area contributed by atoms with Crippen LogP contribution in [0.15, 0.2) is 18.2 Å². The van der Waals surface area contributed by atoms with E-state index in [9.17, 15) is 8.78 Å². The minimum absolute atomic E-state index is 0.290. The lowest BCUT2D eigenvalue weighted by atomic mass is 9.76. The molecule has 0 heterocycles. The molecule has 0 saturated heterocycles. The molecule has 0 spiro atoms. The minimum Gasteiger partial charge on any atom is -0.314 e. The molecule has 2 unspecified atom stereocenters. The first-order valence-electron chi connectivity index (χ1n) is 7.60. The summed E-state index contributed by atoms with van der Waals surface area (Å²) in [7, 11) is 0. The fraction of sp³-hybridized carbons (Fsp3) is 0.647. The summed E-state index contributed by atoms with van der Waals surface area (Å²) in [6.45, 7) is 7.58. The third-order valence-electron chi connectivity index (χ3n) is 4.67. The van der Waals surface area contributed by atoms with Gasteiger partial charge in [-0.2, -0.15) is 0 Å². The molecule has 0 bridgehead atoms. The van der Waals surface area contributed by atoms with Crippen LogP contribution in [0.25, 0.3) is 0 Å². The van der Waals surface area contributed by atoms with Gasteiger partial charge >= 0.3 is 0 Å². The Balaban J connectivity index is 2.16. The molecule has 0 amide bonds. The van der Waals surface area contributed by atoms with Gasteiger partial charge in [0.1, 0.15) is 11.6 Å². The van der Waals surface area contributed by atoms with Crippen molar-refractivity contribution in [3.63, 3.8) is 0 Å². The summed E-state index contributed by atoms with van der Waals surface area (Å²) in [5, 5.41) is 3.52. The second-order valence-electron chi connectivity index (χ2n) is 6.63. The van der Waals surface area contributed by atoms with Gasteiger partial charge in [0.2, 0.25) is 0 Å². The number of nitrogens with one attached hydrogen (secondary N) is 1. The van der Waals surface area contributed by atoms with Crippen molar-refractivity contribution in [2.75, 3.05) is 6.54 Å². The molecular weight excluding hydrogens is 256 g/mol. The zero-order valence-corrected chi connectivity index (χ0v) is 12.7. The van der Waals surface area contributed by atoms with Crippen molar-refractivity contribution >= 4 is 0 Å². The lowest BCUT2D eigenvalue weighted by Gasteiger charge is -2.35. The highest BCUT2D eigenvalue weighted by atomic mass is 19.1. The standard InChI is InChI=1S/C17H25F2N/c1-4-20-16(15-6-5-7-17(15,2)3)10-12-8-13(18)11-14(19)9-12/h8-9,11,15-16,20H,4-7,10H2,1-3H3. The zero-order chi connectivity index (χ0) is 14.8. The molecule has 0 aromatic heterocycles. The van der Waals surface area contributed by atoms with E-state index in [0.29, 0.717) is 23.8 Å². The first-order chi connectivity index (χ1) is 9.42. The van der Waals surface area contributed by atoms with Crippen molar-refractivity contribution in [3.8, 4) is 0 Å². The molecule has 2 atom stereocenters. The first-order valence-corrected chi connectivity index (χ1v) is 7.60. The topological polar surface area (TPSA) is 12.0 Å². The Labute approximate surface area is 120 Å². The van der Waals surface area contributed by atoms with Gasteiger partial charge in [-0.3, -0.25) is 0 Å². The summed E-state index contributed by atoms with van der Waals surface area (Å²) in [6.07, 6.45) is 4.37. The maximum absolute atomic E-state index is 13.3. The van der Waals surface area contributed by atoms with Gasteiger partial charge in [0.25, 0.3) is 0 Å². The summed E-state index contributed by atoms with van der Waals surface area (Å²) in [4.78, 5) is 0. The second kappa shape index (κ2) is 6.21. The van der Waals surface area contributed by atoms with Crippen LogP contribution in [0.1, 0.15) is 45.6 Å². The molecule has 1 aromatic rings. The quantitative estimate of drug-likeness (QED) is 0.848. The van der Waals surface area contributed by atoms with Crippen molar-refractivity contribution in [1.29, 1.82) is 0 Å². The molecule has 3 heteroatoms. The van der Waals surface area contributed by atoms with Crippen LogP contribution in [0.4, 0.5) is 8.78 Å². The number of hydrogen-bond donors (Lipinski definition) is 1. The minimum atomic E-state index is -0.485. The predicted molar refractivity (Wildman–Crippen MR) is 78.6 cm³/mol. The molecule has 0 aliphatic heterocycles. The maximum Gasteiger partial charge on any atom is 0.126 e. The third-order valence-corrected chi connectivity index (χ3v) is 4.67. The molecule has 1 saturated carbocycles. The summed E-state index contributed by atoms with van der Waals surface area (Å²) in [5.74, 6) is -0.407. The molecule has 2 rings (SSSR count). The number of hydrogen-bond acceptors (Lipinski definition) is 1. The molecule has 20 heavy (non-hydrogen) atoms. The van der Waals surface area contributed by atoms with Crippen LogP contribution in [-0.2, 0) is 6.42 Å². The summed E-state index contributed by atoms with van der Waals surface area (Å²) >= 11 is 0. The van der Waals surface area contributed by atoms with Crippen LogP contribution in [0, 0.1) is 23.0 Å². The van der Waals surface area contributed by atoms with E-state index in [4.69, 9.17) is 0 Å². The van der Waals surface area contributed by atoms with Gasteiger partial charge < -0.3 is 5.32 Å². The van der Waals surface area contributed by atoms with E-state index < -0.39 is 11.6 Å². The van der Waals surface area contributed by atoms with Gasteiger partial charge in [-0.1, -0.05) is 27.2 Å². The van der Waals surface area contributed by atoms with Gasteiger partial charge in [0.15, 0.2) is 0 Å². The molecule has 1 N–H and O–H groups in total. The van der Waals surface area contributed by atoms with E-state index in [2.05, 4.69) is 26.1 Å². The van der Waals surface area contributed by atoms with Crippen LogP contribution < -0.4 is 5.32 Å². The highest BCUT2D eigenvalue weighted by molar-refractivity contribution is 5.19. The highest BCUT2D eigenvalue weighted by Gasteiger charge is 2.39. The highest BCUT2D eigenvalue weighted by Crippen LogP contribution is 2.44. The van der Waals surface area contributed by atoms with Crippen molar-refractivity contribution in [1.82, 2.24) is 5.32 Å². The Morgan fingerprint density at radius 3 is 2.40 bits per heavy atom.